The van der Waals surface area contributed by atoms with Crippen LogP contribution in [0.3, 0.4) is 0 Å². The zero-order valence-electron chi connectivity index (χ0n) is 16.5. The number of benzene rings is 2. The largest absolute Gasteiger partial charge is 0.495 e. The third-order valence-electron chi connectivity index (χ3n) is 4.98. The monoisotopic (exact) mass is 444 g/mol. The zero-order valence-corrected chi connectivity index (χ0v) is 18.1. The fourth-order valence-electron chi connectivity index (χ4n) is 3.46. The molecule has 1 aromatic heterocycles. The molecule has 4 rings (SSSR count). The van der Waals surface area contributed by atoms with Crippen LogP contribution in [0.25, 0.3) is 10.8 Å². The molecule has 0 spiro atoms. The van der Waals surface area contributed by atoms with Gasteiger partial charge in [-0.05, 0) is 35.9 Å². The maximum atomic E-state index is 9.34. The Labute approximate surface area is 186 Å². The molecule has 0 atom stereocenters. The quantitative estimate of drug-likeness (QED) is 0.621. The van der Waals surface area contributed by atoms with Gasteiger partial charge >= 0.3 is 0 Å². The molecule has 3 aromatic rings. The van der Waals surface area contributed by atoms with Crippen molar-refractivity contribution in [2.45, 2.75) is 6.54 Å². The molecular formula is C21H22Cl2N6O. The second kappa shape index (κ2) is 9.81. The first-order chi connectivity index (χ1) is 14.2. The van der Waals surface area contributed by atoms with Crippen molar-refractivity contribution in [1.29, 1.82) is 5.26 Å². The molecule has 156 valence electrons. The van der Waals surface area contributed by atoms with Gasteiger partial charge in [-0.3, -0.25) is 0 Å². The number of anilines is 2. The van der Waals surface area contributed by atoms with E-state index in [0.717, 1.165) is 48.3 Å². The van der Waals surface area contributed by atoms with Crippen molar-refractivity contribution in [3.63, 3.8) is 0 Å². The van der Waals surface area contributed by atoms with E-state index in [1.54, 1.807) is 7.11 Å². The molecule has 2 N–H and O–H groups in total. The van der Waals surface area contributed by atoms with Gasteiger partial charge in [-0.25, -0.2) is 0 Å². The highest BCUT2D eigenvalue weighted by Gasteiger charge is 2.18. The summed E-state index contributed by atoms with van der Waals surface area (Å²) in [5.74, 6) is 2.13. The predicted molar refractivity (Wildman–Crippen MR) is 122 cm³/mol. The summed E-state index contributed by atoms with van der Waals surface area (Å²) in [7, 11) is 1.59. The summed E-state index contributed by atoms with van der Waals surface area (Å²) in [4.78, 5) is 2.23. The van der Waals surface area contributed by atoms with E-state index in [9.17, 15) is 5.26 Å². The normalized spacial score (nSPS) is 13.4. The number of hydrogen-bond donors (Lipinski definition) is 2. The number of hydrogen-bond acceptors (Lipinski definition) is 7. The van der Waals surface area contributed by atoms with Crippen molar-refractivity contribution in [1.82, 2.24) is 15.5 Å². The van der Waals surface area contributed by atoms with Gasteiger partial charge in [0.2, 0.25) is 0 Å². The maximum Gasteiger partial charge on any atom is 0.159 e. The first-order valence-electron chi connectivity index (χ1n) is 9.42. The number of ether oxygens (including phenoxy) is 1. The van der Waals surface area contributed by atoms with Crippen LogP contribution in [-0.4, -0.2) is 43.5 Å². The third kappa shape index (κ3) is 4.51. The van der Waals surface area contributed by atoms with Crippen LogP contribution in [-0.2, 0) is 6.54 Å². The van der Waals surface area contributed by atoms with Gasteiger partial charge in [-0.2, -0.15) is 5.26 Å². The van der Waals surface area contributed by atoms with E-state index in [1.165, 1.54) is 0 Å². The number of rotatable bonds is 5. The Balaban J connectivity index is 0.00000256. The number of fused-ring (bicyclic) bond motifs is 1. The summed E-state index contributed by atoms with van der Waals surface area (Å²) in [6, 6.07) is 13.5. The van der Waals surface area contributed by atoms with E-state index in [2.05, 4.69) is 31.8 Å². The van der Waals surface area contributed by atoms with E-state index in [0.29, 0.717) is 28.7 Å². The molecule has 2 aromatic carbocycles. The standard InChI is InChI=1S/C21H21ClN6O.ClH/c1-29-19-5-3-15(11-18(19)22)13-25-20-17-10-14(12-23)2-4-16(17)21(27-26-20)28-8-6-24-7-9-28;/h2-5,10-11,24H,6-9,13H2,1H3,(H,25,26);1H. The lowest BCUT2D eigenvalue weighted by Crippen LogP contribution is -2.44. The molecule has 7 nitrogen and oxygen atoms in total. The topological polar surface area (TPSA) is 86.1 Å². The van der Waals surface area contributed by atoms with E-state index in [-0.39, 0.29) is 12.4 Å². The Morgan fingerprint density at radius 2 is 1.97 bits per heavy atom. The van der Waals surface area contributed by atoms with Gasteiger partial charge in [0.05, 0.1) is 23.8 Å². The molecule has 1 aliphatic heterocycles. The minimum atomic E-state index is 0. The molecule has 30 heavy (non-hydrogen) atoms. The van der Waals surface area contributed by atoms with Gasteiger partial charge < -0.3 is 20.3 Å². The van der Waals surface area contributed by atoms with Crippen LogP contribution in [0.2, 0.25) is 5.02 Å². The first-order valence-corrected chi connectivity index (χ1v) is 9.80. The highest BCUT2D eigenvalue weighted by molar-refractivity contribution is 6.32. The summed E-state index contributed by atoms with van der Waals surface area (Å²) in [6.07, 6.45) is 0. The first kappa shape index (κ1) is 21.9. The molecule has 0 amide bonds. The Morgan fingerprint density at radius 1 is 1.17 bits per heavy atom. The third-order valence-corrected chi connectivity index (χ3v) is 5.28. The van der Waals surface area contributed by atoms with Crippen LogP contribution in [0.15, 0.2) is 36.4 Å². The minimum absolute atomic E-state index is 0. The van der Waals surface area contributed by atoms with Crippen molar-refractivity contribution in [3.05, 3.63) is 52.5 Å². The number of nitriles is 1. The molecule has 9 heteroatoms. The molecule has 1 saturated heterocycles. The van der Waals surface area contributed by atoms with Crippen LogP contribution in [0.5, 0.6) is 5.75 Å². The smallest absolute Gasteiger partial charge is 0.159 e. The average molecular weight is 445 g/mol. The van der Waals surface area contributed by atoms with Crippen LogP contribution in [0.4, 0.5) is 11.6 Å². The lowest BCUT2D eigenvalue weighted by molar-refractivity contribution is 0.415. The number of methoxy groups -OCH3 is 1. The van der Waals surface area contributed by atoms with E-state index < -0.39 is 0 Å². The number of piperazine rings is 1. The minimum Gasteiger partial charge on any atom is -0.495 e. The SMILES string of the molecule is COc1ccc(CNc2nnc(N3CCNCC3)c3ccc(C#N)cc23)cc1Cl.Cl. The molecule has 0 bridgehead atoms. The van der Waals surface area contributed by atoms with E-state index in [1.807, 2.05) is 36.4 Å². The fourth-order valence-corrected chi connectivity index (χ4v) is 3.74. The molecule has 0 saturated carbocycles. The summed E-state index contributed by atoms with van der Waals surface area (Å²) < 4.78 is 5.20. The lowest BCUT2D eigenvalue weighted by atomic mass is 10.1. The van der Waals surface area contributed by atoms with Crippen molar-refractivity contribution >= 4 is 46.4 Å². The molecule has 1 aliphatic rings. The highest BCUT2D eigenvalue weighted by atomic mass is 35.5. The zero-order chi connectivity index (χ0) is 20.2. The molecule has 0 unspecified atom stereocenters. The van der Waals surface area contributed by atoms with Crippen molar-refractivity contribution < 1.29 is 4.74 Å². The molecule has 1 fully saturated rings. The molecule has 0 radical (unpaired) electrons. The fraction of sp³-hybridized carbons (Fsp3) is 0.286. The van der Waals surface area contributed by atoms with Crippen LogP contribution in [0.1, 0.15) is 11.1 Å². The van der Waals surface area contributed by atoms with Gasteiger partial charge in [0.25, 0.3) is 0 Å². The number of nitrogens with one attached hydrogen (secondary N) is 2. The summed E-state index contributed by atoms with van der Waals surface area (Å²) in [5, 5.41) is 27.4. The molecule has 2 heterocycles. The van der Waals surface area contributed by atoms with E-state index in [4.69, 9.17) is 16.3 Å². The lowest BCUT2D eigenvalue weighted by Gasteiger charge is -2.29. The van der Waals surface area contributed by atoms with Crippen LogP contribution in [0, 0.1) is 11.3 Å². The van der Waals surface area contributed by atoms with Crippen molar-refractivity contribution in [2.24, 2.45) is 0 Å². The van der Waals surface area contributed by atoms with Gasteiger partial charge in [-0.1, -0.05) is 17.7 Å². The molecular weight excluding hydrogens is 423 g/mol. The summed E-state index contributed by atoms with van der Waals surface area (Å²) in [5.41, 5.74) is 1.58. The van der Waals surface area contributed by atoms with Gasteiger partial charge in [-0.15, -0.1) is 22.6 Å². The van der Waals surface area contributed by atoms with Crippen LogP contribution >= 0.6 is 24.0 Å². The second-order valence-electron chi connectivity index (χ2n) is 6.80. The Bertz CT molecular complexity index is 1080. The maximum absolute atomic E-state index is 9.34. The number of nitrogens with zero attached hydrogens (tertiary/aromatic N) is 4. The number of aromatic nitrogens is 2. The van der Waals surface area contributed by atoms with Crippen molar-refractivity contribution in [3.8, 4) is 11.8 Å². The predicted octanol–water partition coefficient (Wildman–Crippen LogP) is 3.61. The number of halogens is 2. The molecule has 0 aliphatic carbocycles. The Kier molecular flexibility index (Phi) is 7.16. The Morgan fingerprint density at radius 3 is 2.67 bits per heavy atom. The summed E-state index contributed by atoms with van der Waals surface area (Å²) in [6.45, 7) is 4.11. The second-order valence-corrected chi connectivity index (χ2v) is 7.21. The van der Waals surface area contributed by atoms with E-state index >= 15 is 0 Å². The van der Waals surface area contributed by atoms with Crippen molar-refractivity contribution in [2.75, 3.05) is 43.5 Å². The van der Waals surface area contributed by atoms with Crippen LogP contribution < -0.4 is 20.3 Å². The average Bonchev–Trinajstić information content (AvgIpc) is 2.77. The van der Waals surface area contributed by atoms with Gasteiger partial charge in [0.1, 0.15) is 5.75 Å². The summed E-state index contributed by atoms with van der Waals surface area (Å²) >= 11 is 6.23. The highest BCUT2D eigenvalue weighted by Crippen LogP contribution is 2.30. The Hall–Kier alpha value is -2.79. The van der Waals surface area contributed by atoms with Gasteiger partial charge in [0.15, 0.2) is 11.6 Å². The van der Waals surface area contributed by atoms with Gasteiger partial charge in [0, 0.05) is 43.5 Å².